The standard InChI is InChI=1S/C11H16O2/c1-8-10(12)13-7-9-5-3-4-6-11(8,9)2/h9H,1,3-7H2,2H3/t9-,11+/m1/s1. The molecule has 2 rings (SSSR count). The first kappa shape index (κ1) is 8.79. The van der Waals surface area contributed by atoms with Crippen molar-refractivity contribution in [2.75, 3.05) is 6.61 Å². The van der Waals surface area contributed by atoms with Crippen molar-refractivity contribution in [3.63, 3.8) is 0 Å². The second kappa shape index (κ2) is 2.86. The van der Waals surface area contributed by atoms with Gasteiger partial charge in [0, 0.05) is 16.9 Å². The number of esters is 1. The Morgan fingerprint density at radius 3 is 3.08 bits per heavy atom. The van der Waals surface area contributed by atoms with Crippen LogP contribution in [0.3, 0.4) is 0 Å². The zero-order valence-electron chi connectivity index (χ0n) is 8.14. The maximum absolute atomic E-state index is 11.3. The Balaban J connectivity index is 2.27. The Hall–Kier alpha value is -0.790. The van der Waals surface area contributed by atoms with Gasteiger partial charge in [0.05, 0.1) is 6.61 Å². The third-order valence-corrected chi connectivity index (χ3v) is 3.75. The first-order valence-electron chi connectivity index (χ1n) is 5.01. The molecule has 2 fully saturated rings. The Morgan fingerprint density at radius 1 is 1.54 bits per heavy atom. The number of carbonyl (C=O) groups is 1. The van der Waals surface area contributed by atoms with Crippen molar-refractivity contribution in [1.29, 1.82) is 0 Å². The Morgan fingerprint density at radius 2 is 2.31 bits per heavy atom. The molecular weight excluding hydrogens is 164 g/mol. The first-order chi connectivity index (χ1) is 6.14. The molecule has 0 aromatic carbocycles. The highest BCUT2D eigenvalue weighted by atomic mass is 16.5. The van der Waals surface area contributed by atoms with Crippen molar-refractivity contribution in [1.82, 2.24) is 0 Å². The van der Waals surface area contributed by atoms with Gasteiger partial charge < -0.3 is 4.74 Å². The predicted molar refractivity (Wildman–Crippen MR) is 50.2 cm³/mol. The minimum Gasteiger partial charge on any atom is -0.462 e. The summed E-state index contributed by atoms with van der Waals surface area (Å²) in [4.78, 5) is 11.3. The van der Waals surface area contributed by atoms with Crippen LogP contribution >= 0.6 is 0 Å². The van der Waals surface area contributed by atoms with Crippen LogP contribution in [0.2, 0.25) is 0 Å². The molecule has 1 aliphatic carbocycles. The number of cyclic esters (lactones) is 1. The minimum atomic E-state index is -0.180. The molecule has 0 N–H and O–H groups in total. The van der Waals surface area contributed by atoms with Gasteiger partial charge in [0.1, 0.15) is 0 Å². The quantitative estimate of drug-likeness (QED) is 0.422. The molecule has 2 heteroatoms. The topological polar surface area (TPSA) is 26.3 Å². The van der Waals surface area contributed by atoms with Crippen LogP contribution in [0.4, 0.5) is 0 Å². The normalized spacial score (nSPS) is 39.6. The molecular formula is C11H16O2. The van der Waals surface area contributed by atoms with Crippen LogP contribution < -0.4 is 0 Å². The largest absolute Gasteiger partial charge is 0.462 e. The lowest BCUT2D eigenvalue weighted by atomic mass is 9.63. The molecule has 0 aromatic heterocycles. The highest BCUT2D eigenvalue weighted by molar-refractivity contribution is 5.90. The average molecular weight is 180 g/mol. The molecule has 1 aliphatic heterocycles. The third-order valence-electron chi connectivity index (χ3n) is 3.75. The fourth-order valence-electron chi connectivity index (χ4n) is 2.57. The van der Waals surface area contributed by atoms with Crippen molar-refractivity contribution in [3.05, 3.63) is 12.2 Å². The van der Waals surface area contributed by atoms with E-state index in [1.165, 1.54) is 19.3 Å². The summed E-state index contributed by atoms with van der Waals surface area (Å²) in [6.07, 6.45) is 4.78. The van der Waals surface area contributed by atoms with Crippen LogP contribution in [0.15, 0.2) is 12.2 Å². The van der Waals surface area contributed by atoms with Crippen LogP contribution in [-0.2, 0) is 9.53 Å². The summed E-state index contributed by atoms with van der Waals surface area (Å²) in [6, 6.07) is 0. The maximum atomic E-state index is 11.3. The Labute approximate surface area is 79.0 Å². The van der Waals surface area contributed by atoms with E-state index in [4.69, 9.17) is 4.74 Å². The predicted octanol–water partition coefficient (Wildman–Crippen LogP) is 2.30. The van der Waals surface area contributed by atoms with Gasteiger partial charge in [-0.25, -0.2) is 4.79 Å². The molecule has 0 bridgehead atoms. The second-order valence-corrected chi connectivity index (χ2v) is 4.44. The van der Waals surface area contributed by atoms with E-state index in [2.05, 4.69) is 13.5 Å². The lowest BCUT2D eigenvalue weighted by Gasteiger charge is -2.44. The molecule has 0 spiro atoms. The Bertz CT molecular complexity index is 257. The van der Waals surface area contributed by atoms with Gasteiger partial charge >= 0.3 is 5.97 Å². The van der Waals surface area contributed by atoms with E-state index in [1.54, 1.807) is 0 Å². The van der Waals surface area contributed by atoms with E-state index in [0.29, 0.717) is 18.1 Å². The maximum Gasteiger partial charge on any atom is 0.333 e. The van der Waals surface area contributed by atoms with E-state index in [-0.39, 0.29) is 11.4 Å². The first-order valence-corrected chi connectivity index (χ1v) is 5.01. The van der Waals surface area contributed by atoms with Crippen LogP contribution in [0.25, 0.3) is 0 Å². The minimum absolute atomic E-state index is 0.0353. The lowest BCUT2D eigenvalue weighted by Crippen LogP contribution is -2.43. The van der Waals surface area contributed by atoms with Gasteiger partial charge in [0.25, 0.3) is 0 Å². The highest BCUT2D eigenvalue weighted by Crippen LogP contribution is 2.48. The summed E-state index contributed by atoms with van der Waals surface area (Å²) in [5, 5.41) is 0. The summed E-state index contributed by atoms with van der Waals surface area (Å²) in [5.74, 6) is 0.340. The molecule has 13 heavy (non-hydrogen) atoms. The molecule has 0 aromatic rings. The zero-order chi connectivity index (χ0) is 9.47. The molecule has 1 saturated carbocycles. The van der Waals surface area contributed by atoms with E-state index in [9.17, 15) is 4.79 Å². The van der Waals surface area contributed by atoms with E-state index >= 15 is 0 Å². The molecule has 2 nitrogen and oxygen atoms in total. The lowest BCUT2D eigenvalue weighted by molar-refractivity contribution is -0.150. The smallest absolute Gasteiger partial charge is 0.333 e. The highest BCUT2D eigenvalue weighted by Gasteiger charge is 2.45. The molecule has 1 heterocycles. The summed E-state index contributed by atoms with van der Waals surface area (Å²) in [5.41, 5.74) is 0.733. The van der Waals surface area contributed by atoms with Crippen LogP contribution in [0.5, 0.6) is 0 Å². The van der Waals surface area contributed by atoms with Crippen LogP contribution in [-0.4, -0.2) is 12.6 Å². The van der Waals surface area contributed by atoms with Crippen molar-refractivity contribution >= 4 is 5.97 Å². The number of hydrogen-bond acceptors (Lipinski definition) is 2. The van der Waals surface area contributed by atoms with E-state index in [0.717, 1.165) is 6.42 Å². The van der Waals surface area contributed by atoms with Crippen molar-refractivity contribution in [2.45, 2.75) is 32.6 Å². The SMILES string of the molecule is C=C1C(=O)OC[C@H]2CCCC[C@@]12C. The summed E-state index contributed by atoms with van der Waals surface area (Å²) in [7, 11) is 0. The van der Waals surface area contributed by atoms with Gasteiger partial charge in [0.15, 0.2) is 0 Å². The van der Waals surface area contributed by atoms with Gasteiger partial charge in [-0.2, -0.15) is 0 Å². The average Bonchev–Trinajstić information content (AvgIpc) is 2.13. The van der Waals surface area contributed by atoms with Crippen molar-refractivity contribution in [2.24, 2.45) is 11.3 Å². The Kier molecular flexibility index (Phi) is 1.94. The summed E-state index contributed by atoms with van der Waals surface area (Å²) < 4.78 is 5.09. The van der Waals surface area contributed by atoms with Gasteiger partial charge in [0.2, 0.25) is 0 Å². The van der Waals surface area contributed by atoms with Crippen molar-refractivity contribution in [3.8, 4) is 0 Å². The van der Waals surface area contributed by atoms with Gasteiger partial charge in [-0.3, -0.25) is 0 Å². The number of hydrogen-bond donors (Lipinski definition) is 0. The van der Waals surface area contributed by atoms with E-state index in [1.807, 2.05) is 0 Å². The van der Waals surface area contributed by atoms with Crippen molar-refractivity contribution < 1.29 is 9.53 Å². The molecule has 2 atom stereocenters. The monoisotopic (exact) mass is 180 g/mol. The van der Waals surface area contributed by atoms with Gasteiger partial charge in [-0.1, -0.05) is 26.3 Å². The molecule has 0 unspecified atom stereocenters. The summed E-state index contributed by atoms with van der Waals surface area (Å²) in [6.45, 7) is 6.65. The molecule has 1 saturated heterocycles. The van der Waals surface area contributed by atoms with E-state index < -0.39 is 0 Å². The number of rotatable bonds is 0. The number of fused-ring (bicyclic) bond motifs is 1. The molecule has 72 valence electrons. The molecule has 0 amide bonds. The zero-order valence-corrected chi connectivity index (χ0v) is 8.14. The van der Waals surface area contributed by atoms with Gasteiger partial charge in [-0.05, 0) is 12.8 Å². The molecule has 0 radical (unpaired) electrons. The summed E-state index contributed by atoms with van der Waals surface area (Å²) >= 11 is 0. The fourth-order valence-corrected chi connectivity index (χ4v) is 2.57. The van der Waals surface area contributed by atoms with Crippen LogP contribution in [0, 0.1) is 11.3 Å². The number of ether oxygens (including phenoxy) is 1. The number of carbonyl (C=O) groups excluding carboxylic acids is 1. The van der Waals surface area contributed by atoms with Gasteiger partial charge in [-0.15, -0.1) is 0 Å². The third kappa shape index (κ3) is 1.19. The second-order valence-electron chi connectivity index (χ2n) is 4.44. The van der Waals surface area contributed by atoms with Crippen LogP contribution in [0.1, 0.15) is 32.6 Å². The molecule has 2 aliphatic rings. The fraction of sp³-hybridized carbons (Fsp3) is 0.727.